The molecule has 1 fully saturated rings. The van der Waals surface area contributed by atoms with Gasteiger partial charge in [0.1, 0.15) is 0 Å². The lowest BCUT2D eigenvalue weighted by atomic mass is 9.97. The predicted molar refractivity (Wildman–Crippen MR) is 86.2 cm³/mol. The minimum Gasteiger partial charge on any atom is -0.481 e. The molecule has 0 bridgehead atoms. The Bertz CT molecular complexity index is 600. The molecule has 1 saturated heterocycles. The molecule has 0 aliphatic carbocycles. The highest BCUT2D eigenvalue weighted by Gasteiger charge is 2.28. The number of nitrogens with zero attached hydrogens (tertiary/aromatic N) is 1. The summed E-state index contributed by atoms with van der Waals surface area (Å²) < 4.78 is 0. The van der Waals surface area contributed by atoms with Crippen molar-refractivity contribution in [3.05, 3.63) is 29.8 Å². The molecule has 1 aromatic rings. The van der Waals surface area contributed by atoms with Crippen molar-refractivity contribution in [3.63, 3.8) is 0 Å². The molecule has 1 aliphatic heterocycles. The first-order valence-corrected chi connectivity index (χ1v) is 7.93. The van der Waals surface area contributed by atoms with Crippen LogP contribution in [-0.2, 0) is 9.59 Å². The number of likely N-dealkylation sites (tertiary alicyclic amines) is 1. The van der Waals surface area contributed by atoms with Crippen LogP contribution < -0.4 is 5.32 Å². The van der Waals surface area contributed by atoms with Gasteiger partial charge in [0.05, 0.1) is 5.92 Å². The van der Waals surface area contributed by atoms with Crippen LogP contribution >= 0.6 is 0 Å². The van der Waals surface area contributed by atoms with Gasteiger partial charge in [-0.25, -0.2) is 0 Å². The number of aliphatic carboxylic acids is 1. The fraction of sp³-hybridized carbons (Fsp3) is 0.471. The highest BCUT2D eigenvalue weighted by molar-refractivity contribution is 5.97. The Kier molecular flexibility index (Phi) is 5.73. The number of carbonyl (C=O) groups excluding carboxylic acids is 2. The molecule has 0 radical (unpaired) electrons. The summed E-state index contributed by atoms with van der Waals surface area (Å²) in [5.74, 6) is -1.63. The van der Waals surface area contributed by atoms with Gasteiger partial charge in [-0.3, -0.25) is 14.4 Å². The molecule has 0 aromatic heterocycles. The number of hydrogen-bond donors (Lipinski definition) is 2. The van der Waals surface area contributed by atoms with Crippen molar-refractivity contribution in [1.82, 2.24) is 4.90 Å². The third-order valence-corrected chi connectivity index (χ3v) is 3.93. The number of hydrogen-bond acceptors (Lipinski definition) is 3. The average molecular weight is 318 g/mol. The van der Waals surface area contributed by atoms with Crippen LogP contribution in [0, 0.1) is 5.92 Å². The van der Waals surface area contributed by atoms with Crippen LogP contribution in [-0.4, -0.2) is 40.9 Å². The van der Waals surface area contributed by atoms with Gasteiger partial charge in [0, 0.05) is 30.8 Å². The van der Waals surface area contributed by atoms with Crippen molar-refractivity contribution in [2.75, 3.05) is 18.4 Å². The van der Waals surface area contributed by atoms with E-state index in [9.17, 15) is 14.4 Å². The Morgan fingerprint density at radius 1 is 1.35 bits per heavy atom. The maximum Gasteiger partial charge on any atom is 0.308 e. The summed E-state index contributed by atoms with van der Waals surface area (Å²) in [6.07, 6.45) is 2.49. The van der Waals surface area contributed by atoms with Crippen LogP contribution in [0.5, 0.6) is 0 Å². The summed E-state index contributed by atoms with van der Waals surface area (Å²) in [6, 6.07) is 6.77. The minimum atomic E-state index is -0.858. The normalized spacial score (nSPS) is 17.6. The minimum absolute atomic E-state index is 0.0824. The van der Waals surface area contributed by atoms with Crippen molar-refractivity contribution < 1.29 is 19.5 Å². The number of carbonyl (C=O) groups is 3. The van der Waals surface area contributed by atoms with E-state index in [2.05, 4.69) is 5.32 Å². The van der Waals surface area contributed by atoms with E-state index < -0.39 is 11.9 Å². The number of anilines is 1. The maximum absolute atomic E-state index is 12.6. The zero-order chi connectivity index (χ0) is 16.8. The smallest absolute Gasteiger partial charge is 0.308 e. The van der Waals surface area contributed by atoms with Crippen LogP contribution in [0.1, 0.15) is 43.0 Å². The molecule has 1 atom stereocenters. The molecule has 6 heteroatoms. The lowest BCUT2D eigenvalue weighted by molar-refractivity contribution is -0.143. The van der Waals surface area contributed by atoms with E-state index >= 15 is 0 Å². The third-order valence-electron chi connectivity index (χ3n) is 3.93. The van der Waals surface area contributed by atoms with Crippen molar-refractivity contribution in [1.29, 1.82) is 0 Å². The van der Waals surface area contributed by atoms with E-state index in [4.69, 9.17) is 5.11 Å². The van der Waals surface area contributed by atoms with E-state index in [0.717, 1.165) is 6.42 Å². The molecule has 1 aliphatic rings. The molecule has 2 N–H and O–H groups in total. The van der Waals surface area contributed by atoms with E-state index in [1.165, 1.54) is 0 Å². The largest absolute Gasteiger partial charge is 0.481 e. The Labute approximate surface area is 135 Å². The van der Waals surface area contributed by atoms with Gasteiger partial charge in [-0.2, -0.15) is 0 Å². The lowest BCUT2D eigenvalue weighted by Gasteiger charge is -2.30. The van der Waals surface area contributed by atoms with Crippen molar-refractivity contribution in [2.24, 2.45) is 5.92 Å². The fourth-order valence-corrected chi connectivity index (χ4v) is 2.73. The first kappa shape index (κ1) is 17.0. The van der Waals surface area contributed by atoms with Crippen LogP contribution in [0.15, 0.2) is 24.3 Å². The lowest BCUT2D eigenvalue weighted by Crippen LogP contribution is -2.42. The first-order chi connectivity index (χ1) is 11.0. The summed E-state index contributed by atoms with van der Waals surface area (Å²) in [4.78, 5) is 36.9. The number of nitrogens with one attached hydrogen (secondary N) is 1. The van der Waals surface area contributed by atoms with Gasteiger partial charge in [0.15, 0.2) is 0 Å². The maximum atomic E-state index is 12.6. The number of rotatable bonds is 5. The van der Waals surface area contributed by atoms with Gasteiger partial charge in [0.25, 0.3) is 5.91 Å². The number of piperidine rings is 1. The Morgan fingerprint density at radius 3 is 2.83 bits per heavy atom. The Balaban J connectivity index is 2.07. The van der Waals surface area contributed by atoms with Crippen molar-refractivity contribution in [3.8, 4) is 0 Å². The molecular formula is C17H22N2O4. The number of carboxylic acids is 1. The monoisotopic (exact) mass is 318 g/mol. The van der Waals surface area contributed by atoms with Gasteiger partial charge < -0.3 is 15.3 Å². The Morgan fingerprint density at radius 2 is 2.13 bits per heavy atom. The van der Waals surface area contributed by atoms with Gasteiger partial charge in [-0.15, -0.1) is 0 Å². The molecule has 6 nitrogen and oxygen atoms in total. The molecular weight excluding hydrogens is 296 g/mol. The third kappa shape index (κ3) is 4.55. The fourth-order valence-electron chi connectivity index (χ4n) is 2.73. The second kappa shape index (κ2) is 7.76. The number of benzene rings is 1. The van der Waals surface area contributed by atoms with Crippen LogP contribution in [0.25, 0.3) is 0 Å². The summed E-state index contributed by atoms with van der Waals surface area (Å²) in [7, 11) is 0. The zero-order valence-electron chi connectivity index (χ0n) is 13.2. The molecule has 0 unspecified atom stereocenters. The second-order valence-corrected chi connectivity index (χ2v) is 5.81. The van der Waals surface area contributed by atoms with E-state index in [1.54, 1.807) is 29.2 Å². The van der Waals surface area contributed by atoms with Gasteiger partial charge in [0.2, 0.25) is 5.91 Å². The molecule has 124 valence electrons. The standard InChI is InChI=1S/C17H22N2O4/c1-2-5-15(20)18-14-8-3-6-12(10-14)16(21)19-9-4-7-13(11-19)17(22)23/h3,6,8,10,13H,2,4-5,7,9,11H2,1H3,(H,18,20)(H,22,23)/t13-/m1/s1. The highest BCUT2D eigenvalue weighted by Crippen LogP contribution is 2.20. The second-order valence-electron chi connectivity index (χ2n) is 5.81. The number of carboxylic acid groups (broad SMARTS) is 1. The van der Waals surface area contributed by atoms with Crippen LogP contribution in [0.3, 0.4) is 0 Å². The first-order valence-electron chi connectivity index (χ1n) is 7.93. The van der Waals surface area contributed by atoms with Gasteiger partial charge in [-0.05, 0) is 37.5 Å². The molecule has 23 heavy (non-hydrogen) atoms. The molecule has 1 heterocycles. The molecule has 1 aromatic carbocycles. The van der Waals surface area contributed by atoms with E-state index in [-0.39, 0.29) is 18.4 Å². The van der Waals surface area contributed by atoms with Crippen molar-refractivity contribution >= 4 is 23.5 Å². The molecule has 2 rings (SSSR count). The molecule has 0 spiro atoms. The predicted octanol–water partition coefficient (Wildman–Crippen LogP) is 2.36. The van der Waals surface area contributed by atoms with Crippen LogP contribution in [0.4, 0.5) is 5.69 Å². The van der Waals surface area contributed by atoms with E-state index in [0.29, 0.717) is 37.1 Å². The van der Waals surface area contributed by atoms with Gasteiger partial charge >= 0.3 is 5.97 Å². The molecule has 0 saturated carbocycles. The van der Waals surface area contributed by atoms with Crippen LogP contribution in [0.2, 0.25) is 0 Å². The van der Waals surface area contributed by atoms with Gasteiger partial charge in [-0.1, -0.05) is 13.0 Å². The Hall–Kier alpha value is -2.37. The topological polar surface area (TPSA) is 86.7 Å². The van der Waals surface area contributed by atoms with Crippen molar-refractivity contribution in [2.45, 2.75) is 32.6 Å². The molecule has 2 amide bonds. The average Bonchev–Trinajstić information content (AvgIpc) is 2.54. The zero-order valence-corrected chi connectivity index (χ0v) is 13.2. The number of amides is 2. The summed E-state index contributed by atoms with van der Waals surface area (Å²) >= 11 is 0. The summed E-state index contributed by atoms with van der Waals surface area (Å²) in [6.45, 7) is 2.73. The highest BCUT2D eigenvalue weighted by atomic mass is 16.4. The summed E-state index contributed by atoms with van der Waals surface area (Å²) in [5, 5.41) is 11.9. The SMILES string of the molecule is CCCC(=O)Nc1cccc(C(=O)N2CCC[C@@H](C(=O)O)C2)c1. The summed E-state index contributed by atoms with van der Waals surface area (Å²) in [5.41, 5.74) is 1.05. The quantitative estimate of drug-likeness (QED) is 0.872. The van der Waals surface area contributed by atoms with E-state index in [1.807, 2.05) is 6.92 Å².